The highest BCUT2D eigenvalue weighted by molar-refractivity contribution is 7.81. The lowest BCUT2D eigenvalue weighted by Gasteiger charge is -2.37. The van der Waals surface area contributed by atoms with E-state index in [1.165, 1.54) is 16.9 Å². The second kappa shape index (κ2) is 9.26. The molecule has 3 aromatic carbocycles. The summed E-state index contributed by atoms with van der Waals surface area (Å²) >= 11 is 5.66. The Morgan fingerprint density at radius 2 is 1.42 bits per heavy atom. The maximum Gasteiger partial charge on any atom is 0.270 e. The van der Waals surface area contributed by atoms with E-state index in [1.807, 2.05) is 67.5 Å². The summed E-state index contributed by atoms with van der Waals surface area (Å²) < 4.78 is 5.47. The predicted octanol–water partition coefficient (Wildman–Crippen LogP) is 4.51. The summed E-state index contributed by atoms with van der Waals surface area (Å²) in [5, 5.41) is 0.0702. The molecule has 0 saturated carbocycles. The van der Waals surface area contributed by atoms with Crippen molar-refractivity contribution in [2.75, 3.05) is 35.9 Å². The van der Waals surface area contributed by atoms with Gasteiger partial charge in [-0.25, -0.2) is 4.90 Å². The fraction of sp³-hybridized carbons (Fsp3) is 0.115. The molecule has 0 unspecified atom stereocenters. The number of methoxy groups -OCH3 is 1. The van der Waals surface area contributed by atoms with Gasteiger partial charge >= 0.3 is 0 Å². The molecular formula is C26H23N3O3S. The van der Waals surface area contributed by atoms with Gasteiger partial charge in [0.2, 0.25) is 0 Å². The molecule has 0 spiro atoms. The zero-order valence-electron chi connectivity index (χ0n) is 18.6. The van der Waals surface area contributed by atoms with Crippen LogP contribution in [0.4, 0.5) is 17.1 Å². The molecule has 0 bridgehead atoms. The Morgan fingerprint density at radius 3 is 2.06 bits per heavy atom. The molecule has 0 radical (unpaired) electrons. The van der Waals surface area contributed by atoms with Gasteiger partial charge in [-0.2, -0.15) is 0 Å². The molecule has 0 aliphatic carbocycles. The molecule has 33 heavy (non-hydrogen) atoms. The van der Waals surface area contributed by atoms with Crippen LogP contribution in [0.3, 0.4) is 0 Å². The second-order valence-electron chi connectivity index (χ2n) is 7.62. The molecule has 2 amide bonds. The van der Waals surface area contributed by atoms with Crippen LogP contribution in [-0.2, 0) is 9.59 Å². The van der Waals surface area contributed by atoms with Crippen molar-refractivity contribution in [2.24, 2.45) is 0 Å². The van der Waals surface area contributed by atoms with Gasteiger partial charge in [0, 0.05) is 19.8 Å². The number of benzene rings is 3. The summed E-state index contributed by atoms with van der Waals surface area (Å²) in [4.78, 5) is 31.9. The lowest BCUT2D eigenvalue weighted by molar-refractivity contribution is -0.120. The van der Waals surface area contributed by atoms with Gasteiger partial charge in [-0.1, -0.05) is 42.5 Å². The van der Waals surface area contributed by atoms with E-state index in [2.05, 4.69) is 0 Å². The lowest BCUT2D eigenvalue weighted by Crippen LogP contribution is -2.57. The van der Waals surface area contributed by atoms with Crippen LogP contribution in [0.1, 0.15) is 5.56 Å². The zero-order chi connectivity index (χ0) is 23.5. The number of ether oxygens (including phenoxy) is 1. The molecule has 1 fully saturated rings. The number of anilines is 3. The van der Waals surface area contributed by atoms with Crippen molar-refractivity contribution >= 4 is 52.3 Å². The third-order valence-electron chi connectivity index (χ3n) is 5.31. The zero-order valence-corrected chi connectivity index (χ0v) is 19.4. The van der Waals surface area contributed by atoms with Crippen molar-refractivity contribution in [1.82, 2.24) is 0 Å². The number of hydrogen-bond acceptors (Lipinski definition) is 5. The molecule has 4 rings (SSSR count). The minimum Gasteiger partial charge on any atom is -0.495 e. The van der Waals surface area contributed by atoms with Crippen molar-refractivity contribution in [3.8, 4) is 5.75 Å². The van der Waals surface area contributed by atoms with E-state index in [9.17, 15) is 9.59 Å². The van der Waals surface area contributed by atoms with Crippen LogP contribution in [-0.4, -0.2) is 38.1 Å². The van der Waals surface area contributed by atoms with Gasteiger partial charge in [-0.3, -0.25) is 14.5 Å². The fourth-order valence-corrected chi connectivity index (χ4v) is 3.97. The van der Waals surface area contributed by atoms with E-state index in [0.717, 1.165) is 11.3 Å². The van der Waals surface area contributed by atoms with E-state index < -0.39 is 11.8 Å². The first kappa shape index (κ1) is 22.2. The highest BCUT2D eigenvalue weighted by atomic mass is 32.1. The van der Waals surface area contributed by atoms with Gasteiger partial charge in [0.05, 0.1) is 18.5 Å². The third-order valence-corrected chi connectivity index (χ3v) is 5.68. The molecular weight excluding hydrogens is 434 g/mol. The average Bonchev–Trinajstić information content (AvgIpc) is 2.83. The lowest BCUT2D eigenvalue weighted by atomic mass is 10.0. The SMILES string of the molecule is COc1ccccc1N1C(=O)/C(=C\c2ccc(N(C)C)cc2)C(=O)N(c2ccccc2)C1=S. The van der Waals surface area contributed by atoms with Crippen molar-refractivity contribution in [3.05, 3.63) is 90.0 Å². The number of carbonyl (C=O) groups excluding carboxylic acids is 2. The number of para-hydroxylation sites is 3. The van der Waals surface area contributed by atoms with Crippen LogP contribution in [0.15, 0.2) is 84.4 Å². The summed E-state index contributed by atoms with van der Waals surface area (Å²) in [6, 6.07) is 23.8. The molecule has 6 nitrogen and oxygen atoms in total. The predicted molar refractivity (Wildman–Crippen MR) is 136 cm³/mol. The van der Waals surface area contributed by atoms with Gasteiger partial charge in [0.15, 0.2) is 5.11 Å². The van der Waals surface area contributed by atoms with Gasteiger partial charge in [-0.15, -0.1) is 0 Å². The van der Waals surface area contributed by atoms with Crippen molar-refractivity contribution in [3.63, 3.8) is 0 Å². The number of hydrogen-bond donors (Lipinski definition) is 0. The Bertz CT molecular complexity index is 1240. The van der Waals surface area contributed by atoms with E-state index in [0.29, 0.717) is 17.1 Å². The van der Waals surface area contributed by atoms with Crippen molar-refractivity contribution in [2.45, 2.75) is 0 Å². The first-order chi connectivity index (χ1) is 15.9. The first-order valence-corrected chi connectivity index (χ1v) is 10.7. The smallest absolute Gasteiger partial charge is 0.270 e. The number of amides is 2. The monoisotopic (exact) mass is 457 g/mol. The van der Waals surface area contributed by atoms with E-state index in [4.69, 9.17) is 17.0 Å². The third kappa shape index (κ3) is 4.23. The average molecular weight is 458 g/mol. The maximum absolute atomic E-state index is 13.6. The van der Waals surface area contributed by atoms with Crippen LogP contribution in [0.25, 0.3) is 6.08 Å². The van der Waals surface area contributed by atoms with Crippen LogP contribution in [0.5, 0.6) is 5.75 Å². The molecule has 1 aliphatic heterocycles. The van der Waals surface area contributed by atoms with Crippen molar-refractivity contribution < 1.29 is 14.3 Å². The van der Waals surface area contributed by atoms with E-state index >= 15 is 0 Å². The molecule has 1 aliphatic rings. The van der Waals surface area contributed by atoms with E-state index in [-0.39, 0.29) is 10.7 Å². The quantitative estimate of drug-likeness (QED) is 0.321. The minimum atomic E-state index is -0.502. The summed E-state index contributed by atoms with van der Waals surface area (Å²) in [7, 11) is 5.43. The Hall–Kier alpha value is -3.97. The minimum absolute atomic E-state index is 0.0102. The van der Waals surface area contributed by atoms with Gasteiger partial charge in [0.1, 0.15) is 11.3 Å². The molecule has 166 valence electrons. The largest absolute Gasteiger partial charge is 0.495 e. The number of carbonyl (C=O) groups is 2. The summed E-state index contributed by atoms with van der Waals surface area (Å²) in [5.74, 6) is -0.498. The summed E-state index contributed by atoms with van der Waals surface area (Å²) in [6.07, 6.45) is 1.60. The van der Waals surface area contributed by atoms with Crippen LogP contribution in [0.2, 0.25) is 0 Å². The van der Waals surface area contributed by atoms with Gasteiger partial charge in [0.25, 0.3) is 11.8 Å². The summed E-state index contributed by atoms with van der Waals surface area (Å²) in [6.45, 7) is 0. The topological polar surface area (TPSA) is 53.1 Å². The van der Waals surface area contributed by atoms with Gasteiger partial charge in [-0.05, 0) is 60.3 Å². The number of rotatable bonds is 5. The standard InChI is InChI=1S/C26H23N3O3S/c1-27(2)19-15-13-18(14-16-19)17-21-24(30)28(20-9-5-4-6-10-20)26(33)29(25(21)31)22-11-7-8-12-23(22)32-3/h4-17H,1-3H3/b21-17-. The molecule has 7 heteroatoms. The number of nitrogens with zero attached hydrogens (tertiary/aromatic N) is 3. The Labute approximate surface area is 198 Å². The highest BCUT2D eigenvalue weighted by Gasteiger charge is 2.42. The Morgan fingerprint density at radius 1 is 0.818 bits per heavy atom. The van der Waals surface area contributed by atoms with Crippen LogP contribution < -0.4 is 19.4 Å². The highest BCUT2D eigenvalue weighted by Crippen LogP contribution is 2.34. The summed E-state index contributed by atoms with van der Waals surface area (Å²) in [5.41, 5.74) is 2.81. The molecule has 0 atom stereocenters. The normalized spacial score (nSPS) is 15.2. The first-order valence-electron chi connectivity index (χ1n) is 10.3. The molecule has 1 saturated heterocycles. The van der Waals surface area contributed by atoms with Crippen LogP contribution in [0, 0.1) is 0 Å². The van der Waals surface area contributed by atoms with Gasteiger partial charge < -0.3 is 9.64 Å². The number of thiocarbonyl (C=S) groups is 1. The van der Waals surface area contributed by atoms with E-state index in [1.54, 1.807) is 36.4 Å². The second-order valence-corrected chi connectivity index (χ2v) is 7.98. The fourth-order valence-electron chi connectivity index (χ4n) is 3.60. The molecule has 3 aromatic rings. The van der Waals surface area contributed by atoms with Crippen molar-refractivity contribution in [1.29, 1.82) is 0 Å². The molecule has 1 heterocycles. The Kier molecular flexibility index (Phi) is 6.24. The molecule has 0 N–H and O–H groups in total. The Balaban J connectivity index is 1.86. The maximum atomic E-state index is 13.6. The van der Waals surface area contributed by atoms with Crippen LogP contribution >= 0.6 is 12.2 Å². The molecule has 0 aromatic heterocycles.